The summed E-state index contributed by atoms with van der Waals surface area (Å²) in [6, 6.07) is 3.08. The molecule has 0 saturated heterocycles. The first-order valence-corrected chi connectivity index (χ1v) is 8.52. The Morgan fingerprint density at radius 1 is 1.44 bits per heavy atom. The van der Waals surface area contributed by atoms with Gasteiger partial charge in [0.15, 0.2) is 11.1 Å². The monoisotopic (exact) mass is 373 g/mol. The molecule has 0 aliphatic rings. The number of hydroxylamine groups is 1. The molecule has 10 heteroatoms. The van der Waals surface area contributed by atoms with E-state index in [-0.39, 0.29) is 24.3 Å². The number of carbonyl (C=O) groups is 1. The van der Waals surface area contributed by atoms with Gasteiger partial charge in [-0.3, -0.25) is 14.7 Å². The number of amides is 1. The molecule has 25 heavy (non-hydrogen) atoms. The van der Waals surface area contributed by atoms with Crippen LogP contribution in [0.4, 0.5) is 8.78 Å². The Kier molecular flexibility index (Phi) is 5.98. The lowest BCUT2D eigenvalue weighted by molar-refractivity contribution is -0.138. The van der Waals surface area contributed by atoms with Gasteiger partial charge in [0, 0.05) is 23.9 Å². The summed E-state index contributed by atoms with van der Waals surface area (Å²) in [5.41, 5.74) is 0.597. The van der Waals surface area contributed by atoms with E-state index in [0.29, 0.717) is 5.56 Å². The molecule has 1 heterocycles. The van der Waals surface area contributed by atoms with E-state index >= 15 is 0 Å². The number of hydrogen-bond donors (Lipinski definition) is 3. The molecule has 3 N–H and O–H groups in total. The minimum Gasteiger partial charge on any atom is -0.306 e. The van der Waals surface area contributed by atoms with Crippen LogP contribution in [0.15, 0.2) is 30.6 Å². The second-order valence-corrected chi connectivity index (χ2v) is 6.77. The van der Waals surface area contributed by atoms with Crippen LogP contribution in [0.5, 0.6) is 0 Å². The van der Waals surface area contributed by atoms with Crippen LogP contribution in [0, 0.1) is 17.0 Å². The third-order valence-electron chi connectivity index (χ3n) is 3.86. The predicted octanol–water partition coefficient (Wildman–Crippen LogP) is 1.95. The van der Waals surface area contributed by atoms with Gasteiger partial charge in [0.1, 0.15) is 11.6 Å². The molecule has 136 valence electrons. The third kappa shape index (κ3) is 4.68. The quantitative estimate of drug-likeness (QED) is 0.391. The van der Waals surface area contributed by atoms with E-state index in [0.717, 1.165) is 18.2 Å². The summed E-state index contributed by atoms with van der Waals surface area (Å²) in [6.45, 7) is 1.60. The topological polar surface area (TPSA) is 104 Å². The van der Waals surface area contributed by atoms with Crippen LogP contribution in [0.3, 0.4) is 0 Å². The second kappa shape index (κ2) is 7.81. The fraction of sp³-hybridized carbons (Fsp3) is 0.333. The van der Waals surface area contributed by atoms with Gasteiger partial charge in [-0.1, -0.05) is 0 Å². The van der Waals surface area contributed by atoms with Crippen LogP contribution in [0.25, 0.3) is 11.1 Å². The van der Waals surface area contributed by atoms with E-state index in [1.54, 1.807) is 0 Å². The number of benzene rings is 1. The molecule has 2 unspecified atom stereocenters. The van der Waals surface area contributed by atoms with Crippen molar-refractivity contribution in [1.82, 2.24) is 15.3 Å². The Morgan fingerprint density at radius 2 is 2.16 bits per heavy atom. The molecule has 1 amide bonds. The smallest absolute Gasteiger partial charge is 0.250 e. The molecule has 0 bridgehead atoms. The highest BCUT2D eigenvalue weighted by atomic mass is 32.2. The second-order valence-electron chi connectivity index (χ2n) is 5.83. The molecule has 2 atom stereocenters. The van der Waals surface area contributed by atoms with E-state index in [4.69, 9.17) is 9.76 Å². The van der Waals surface area contributed by atoms with E-state index in [2.05, 4.69) is 5.10 Å². The number of rotatable bonds is 7. The van der Waals surface area contributed by atoms with Crippen LogP contribution in [-0.4, -0.2) is 35.4 Å². The molecule has 0 aliphatic heterocycles. The molecule has 1 aromatic carbocycles. The predicted molar refractivity (Wildman–Crippen MR) is 85.9 cm³/mol. The van der Waals surface area contributed by atoms with Crippen LogP contribution in [-0.2, 0) is 22.4 Å². The molecule has 1 aromatic heterocycles. The Balaban J connectivity index is 2.16. The number of hydrogen-bond acceptors (Lipinski definition) is 4. The summed E-state index contributed by atoms with van der Waals surface area (Å²) in [6.07, 6.45) is 2.93. The zero-order valence-corrected chi connectivity index (χ0v) is 14.1. The van der Waals surface area contributed by atoms with Crippen LogP contribution >= 0.6 is 0 Å². The lowest BCUT2D eigenvalue weighted by atomic mass is 9.88. The van der Waals surface area contributed by atoms with Crippen molar-refractivity contribution < 1.29 is 27.5 Å². The van der Waals surface area contributed by atoms with Gasteiger partial charge in [0.2, 0.25) is 5.91 Å². The van der Waals surface area contributed by atoms with Crippen molar-refractivity contribution in [2.45, 2.75) is 19.9 Å². The maximum absolute atomic E-state index is 13.8. The van der Waals surface area contributed by atoms with E-state index in [1.807, 2.05) is 0 Å². The molecule has 0 aliphatic carbocycles. The number of aryl methyl sites for hydroxylation is 1. The Hall–Kier alpha value is -2.17. The largest absolute Gasteiger partial charge is 0.306 e. The van der Waals surface area contributed by atoms with Crippen molar-refractivity contribution in [3.05, 3.63) is 42.2 Å². The number of carbonyl (C=O) groups excluding carboxylic acids is 1. The normalized spacial score (nSPS) is 14.8. The highest BCUT2D eigenvalue weighted by molar-refractivity contribution is 7.79. The van der Waals surface area contributed by atoms with Gasteiger partial charge in [-0.15, -0.1) is 0 Å². The minimum absolute atomic E-state index is 0.0542. The van der Waals surface area contributed by atoms with Gasteiger partial charge < -0.3 is 4.55 Å². The van der Waals surface area contributed by atoms with Gasteiger partial charge in [-0.05, 0) is 31.5 Å². The minimum atomic E-state index is -2.24. The number of halogens is 2. The van der Waals surface area contributed by atoms with Crippen molar-refractivity contribution in [3.63, 3.8) is 0 Å². The van der Waals surface area contributed by atoms with Gasteiger partial charge in [-0.2, -0.15) is 5.10 Å². The van der Waals surface area contributed by atoms with Crippen molar-refractivity contribution in [1.29, 1.82) is 0 Å². The lowest BCUT2D eigenvalue weighted by Crippen LogP contribution is -2.42. The van der Waals surface area contributed by atoms with Crippen LogP contribution in [0.1, 0.15) is 13.3 Å². The summed E-state index contributed by atoms with van der Waals surface area (Å²) < 4.78 is 48.6. The lowest BCUT2D eigenvalue weighted by Gasteiger charge is -2.25. The van der Waals surface area contributed by atoms with Crippen LogP contribution in [0.2, 0.25) is 0 Å². The van der Waals surface area contributed by atoms with Gasteiger partial charge in [0.25, 0.3) is 0 Å². The Morgan fingerprint density at radius 3 is 2.80 bits per heavy atom. The molecule has 0 radical (unpaired) electrons. The average Bonchev–Trinajstić information content (AvgIpc) is 3.02. The first-order valence-electron chi connectivity index (χ1n) is 7.25. The molecular formula is C15H17F2N3O4S. The number of nitrogens with zero attached hydrogens (tertiary/aromatic N) is 2. The van der Waals surface area contributed by atoms with Crippen molar-refractivity contribution in [2.24, 2.45) is 5.41 Å². The maximum Gasteiger partial charge on any atom is 0.250 e. The zero-order valence-electron chi connectivity index (χ0n) is 13.3. The zero-order chi connectivity index (χ0) is 18.6. The van der Waals surface area contributed by atoms with Crippen molar-refractivity contribution in [3.8, 4) is 11.1 Å². The molecule has 0 spiro atoms. The first kappa shape index (κ1) is 19.2. The third-order valence-corrected chi connectivity index (χ3v) is 4.74. The number of nitrogens with one attached hydrogen (secondary N) is 1. The summed E-state index contributed by atoms with van der Waals surface area (Å²) in [5.74, 6) is -2.34. The van der Waals surface area contributed by atoms with E-state index in [9.17, 15) is 17.8 Å². The van der Waals surface area contributed by atoms with Crippen molar-refractivity contribution in [2.75, 3.05) is 5.75 Å². The maximum atomic E-state index is 13.8. The Labute approximate surface area is 144 Å². The summed E-state index contributed by atoms with van der Waals surface area (Å²) in [5, 5.41) is 12.8. The fourth-order valence-corrected chi connectivity index (χ4v) is 3.18. The average molecular weight is 373 g/mol. The molecule has 0 saturated carbocycles. The molecule has 2 aromatic rings. The van der Waals surface area contributed by atoms with E-state index < -0.39 is 34.0 Å². The fourth-order valence-electron chi connectivity index (χ4n) is 2.36. The molecule has 0 fully saturated rings. The summed E-state index contributed by atoms with van der Waals surface area (Å²) in [4.78, 5) is 11.8. The van der Waals surface area contributed by atoms with Gasteiger partial charge in [0.05, 0.1) is 17.4 Å². The Bertz CT molecular complexity index is 799. The number of aromatic nitrogens is 2. The SMILES string of the molecule is CC(CCn1cc(-c2cc(F)ccc2F)cn1)(CS(=O)O)C(=O)NO. The standard InChI is InChI=1S/C15H17F2N3O4S/c1-15(9-25(23)24,14(21)19-22)4-5-20-8-10(7-18-20)12-6-11(16)2-3-13(12)17/h2-3,6-8,22H,4-5,9H2,1H3,(H,19,21)(H,23,24). The first-order chi connectivity index (χ1) is 11.7. The van der Waals surface area contributed by atoms with Crippen molar-refractivity contribution >= 4 is 17.0 Å². The van der Waals surface area contributed by atoms with Crippen LogP contribution < -0.4 is 5.48 Å². The highest BCUT2D eigenvalue weighted by Gasteiger charge is 2.35. The van der Waals surface area contributed by atoms with Gasteiger partial charge >= 0.3 is 0 Å². The highest BCUT2D eigenvalue weighted by Crippen LogP contribution is 2.26. The molecular weight excluding hydrogens is 356 g/mol. The van der Waals surface area contributed by atoms with E-state index in [1.165, 1.54) is 29.5 Å². The summed E-state index contributed by atoms with van der Waals surface area (Å²) in [7, 11) is 0. The van der Waals surface area contributed by atoms with Gasteiger partial charge in [-0.25, -0.2) is 18.5 Å². The molecule has 7 nitrogen and oxygen atoms in total. The molecule has 2 rings (SSSR count). The summed E-state index contributed by atoms with van der Waals surface area (Å²) >= 11 is -2.24.